The van der Waals surface area contributed by atoms with E-state index in [2.05, 4.69) is 13.8 Å². The Morgan fingerprint density at radius 2 is 1.67 bits per heavy atom. The third kappa shape index (κ3) is 4.02. The molecular weight excluding hydrogens is 260 g/mol. The first kappa shape index (κ1) is 16.8. The summed E-state index contributed by atoms with van der Waals surface area (Å²) in [5, 5.41) is 9.91. The van der Waals surface area contributed by atoms with Crippen LogP contribution in [-0.2, 0) is 4.79 Å². The van der Waals surface area contributed by atoms with Gasteiger partial charge in [0.05, 0.1) is 5.41 Å². The lowest BCUT2D eigenvalue weighted by molar-refractivity contribution is -0.157. The Morgan fingerprint density at radius 1 is 1.05 bits per heavy atom. The minimum Gasteiger partial charge on any atom is -0.481 e. The molecule has 2 nitrogen and oxygen atoms in total. The lowest BCUT2D eigenvalue weighted by atomic mass is 9.59. The molecule has 0 aromatic carbocycles. The maximum Gasteiger partial charge on any atom is 0.309 e. The Morgan fingerprint density at radius 3 is 2.19 bits per heavy atom. The highest BCUT2D eigenvalue weighted by Gasteiger charge is 2.48. The molecule has 0 heterocycles. The number of carboxylic acid groups (broad SMARTS) is 1. The lowest BCUT2D eigenvalue weighted by Crippen LogP contribution is -2.43. The predicted octanol–water partition coefficient (Wildman–Crippen LogP) is 5.65. The van der Waals surface area contributed by atoms with Gasteiger partial charge in [-0.15, -0.1) is 0 Å². The van der Waals surface area contributed by atoms with E-state index in [0.717, 1.165) is 50.4 Å². The van der Waals surface area contributed by atoms with Gasteiger partial charge in [-0.05, 0) is 56.3 Å². The highest BCUT2D eigenvalue weighted by molar-refractivity contribution is 5.75. The lowest BCUT2D eigenvalue weighted by Gasteiger charge is -2.45. The summed E-state index contributed by atoms with van der Waals surface area (Å²) < 4.78 is 0. The molecule has 2 rings (SSSR count). The number of unbranched alkanes of at least 4 members (excludes halogenated alkanes) is 2. The average Bonchev–Trinajstić information content (AvgIpc) is 2.49. The molecule has 2 saturated carbocycles. The summed E-state index contributed by atoms with van der Waals surface area (Å²) >= 11 is 0. The molecule has 122 valence electrons. The van der Waals surface area contributed by atoms with Crippen LogP contribution in [0, 0.1) is 23.2 Å². The largest absolute Gasteiger partial charge is 0.481 e. The minimum absolute atomic E-state index is 0.374. The van der Waals surface area contributed by atoms with Crippen molar-refractivity contribution in [1.82, 2.24) is 0 Å². The van der Waals surface area contributed by atoms with Crippen molar-refractivity contribution in [2.45, 2.75) is 90.9 Å². The van der Waals surface area contributed by atoms with Gasteiger partial charge in [0.2, 0.25) is 0 Å². The zero-order valence-electron chi connectivity index (χ0n) is 14.1. The SMILES string of the molecule is CCCCCC1CCC(C(=O)O)(C2CCC(C)CC2)CC1. The van der Waals surface area contributed by atoms with Gasteiger partial charge in [0.1, 0.15) is 0 Å². The van der Waals surface area contributed by atoms with Crippen LogP contribution < -0.4 is 0 Å². The summed E-state index contributed by atoms with van der Waals surface area (Å²) in [6.45, 7) is 4.56. The van der Waals surface area contributed by atoms with Gasteiger partial charge in [0.15, 0.2) is 0 Å². The smallest absolute Gasteiger partial charge is 0.309 e. The van der Waals surface area contributed by atoms with Crippen molar-refractivity contribution < 1.29 is 9.90 Å². The topological polar surface area (TPSA) is 37.3 Å². The van der Waals surface area contributed by atoms with Gasteiger partial charge in [-0.25, -0.2) is 0 Å². The van der Waals surface area contributed by atoms with Crippen molar-refractivity contribution >= 4 is 5.97 Å². The first-order valence-corrected chi connectivity index (χ1v) is 9.32. The van der Waals surface area contributed by atoms with E-state index in [9.17, 15) is 9.90 Å². The molecular formula is C19H34O2. The maximum absolute atomic E-state index is 12.0. The second kappa shape index (κ2) is 7.65. The van der Waals surface area contributed by atoms with E-state index in [1.54, 1.807) is 0 Å². The summed E-state index contributed by atoms with van der Waals surface area (Å²) in [5.41, 5.74) is -0.374. The van der Waals surface area contributed by atoms with E-state index in [4.69, 9.17) is 0 Å². The first-order chi connectivity index (χ1) is 10.1. The van der Waals surface area contributed by atoms with Crippen molar-refractivity contribution in [3.05, 3.63) is 0 Å². The van der Waals surface area contributed by atoms with Crippen LogP contribution in [-0.4, -0.2) is 11.1 Å². The summed E-state index contributed by atoms with van der Waals surface area (Å²) in [6, 6.07) is 0. The third-order valence-electron chi connectivity index (χ3n) is 6.44. The van der Waals surface area contributed by atoms with Crippen molar-refractivity contribution in [2.24, 2.45) is 23.2 Å². The molecule has 0 unspecified atom stereocenters. The quantitative estimate of drug-likeness (QED) is 0.642. The van der Waals surface area contributed by atoms with Crippen LogP contribution in [0.5, 0.6) is 0 Å². The van der Waals surface area contributed by atoms with Gasteiger partial charge >= 0.3 is 5.97 Å². The molecule has 2 aliphatic rings. The molecule has 2 aliphatic carbocycles. The number of carboxylic acids is 1. The van der Waals surface area contributed by atoms with Crippen molar-refractivity contribution in [1.29, 1.82) is 0 Å². The highest BCUT2D eigenvalue weighted by Crippen LogP contribution is 2.51. The predicted molar refractivity (Wildman–Crippen MR) is 87.3 cm³/mol. The summed E-state index contributed by atoms with van der Waals surface area (Å²) in [4.78, 5) is 12.0. The van der Waals surface area contributed by atoms with Gasteiger partial charge in [-0.2, -0.15) is 0 Å². The number of hydrogen-bond acceptors (Lipinski definition) is 1. The van der Waals surface area contributed by atoms with Crippen LogP contribution in [0.1, 0.15) is 90.9 Å². The second-order valence-corrected chi connectivity index (χ2v) is 7.86. The van der Waals surface area contributed by atoms with Crippen LogP contribution in [0.25, 0.3) is 0 Å². The number of carbonyl (C=O) groups is 1. The molecule has 1 N–H and O–H groups in total. The fourth-order valence-electron chi connectivity index (χ4n) is 4.77. The van der Waals surface area contributed by atoms with E-state index in [1.165, 1.54) is 38.5 Å². The molecule has 0 aromatic rings. The molecule has 0 radical (unpaired) electrons. The van der Waals surface area contributed by atoms with Crippen molar-refractivity contribution in [3.8, 4) is 0 Å². The minimum atomic E-state index is -0.492. The summed E-state index contributed by atoms with van der Waals surface area (Å²) in [6.07, 6.45) is 14.2. The van der Waals surface area contributed by atoms with Crippen LogP contribution in [0.3, 0.4) is 0 Å². The zero-order chi connectivity index (χ0) is 15.3. The third-order valence-corrected chi connectivity index (χ3v) is 6.44. The molecule has 0 amide bonds. The van der Waals surface area contributed by atoms with Gasteiger partial charge in [-0.3, -0.25) is 4.79 Å². The van der Waals surface area contributed by atoms with Crippen molar-refractivity contribution in [2.75, 3.05) is 0 Å². The molecule has 0 bridgehead atoms. The number of aliphatic carboxylic acids is 1. The molecule has 0 atom stereocenters. The summed E-state index contributed by atoms with van der Waals surface area (Å²) in [7, 11) is 0. The molecule has 0 saturated heterocycles. The zero-order valence-corrected chi connectivity index (χ0v) is 14.1. The van der Waals surface area contributed by atoms with Crippen LogP contribution in [0.2, 0.25) is 0 Å². The van der Waals surface area contributed by atoms with Gasteiger partial charge in [0, 0.05) is 0 Å². The van der Waals surface area contributed by atoms with Gasteiger partial charge in [0.25, 0.3) is 0 Å². The summed E-state index contributed by atoms with van der Waals surface area (Å²) in [5.74, 6) is 1.56. The van der Waals surface area contributed by atoms with E-state index in [0.29, 0.717) is 5.92 Å². The molecule has 21 heavy (non-hydrogen) atoms. The van der Waals surface area contributed by atoms with E-state index < -0.39 is 5.97 Å². The molecule has 2 fully saturated rings. The number of rotatable bonds is 6. The van der Waals surface area contributed by atoms with E-state index in [1.807, 2.05) is 0 Å². The standard InChI is InChI=1S/C19H34O2/c1-3-4-5-6-16-11-13-19(14-12-16,18(20)21)17-9-7-15(2)8-10-17/h15-17H,3-14H2,1-2H3,(H,20,21). The highest BCUT2D eigenvalue weighted by atomic mass is 16.4. The molecule has 2 heteroatoms. The van der Waals surface area contributed by atoms with Crippen molar-refractivity contribution in [3.63, 3.8) is 0 Å². The van der Waals surface area contributed by atoms with Crippen LogP contribution >= 0.6 is 0 Å². The van der Waals surface area contributed by atoms with Crippen LogP contribution in [0.4, 0.5) is 0 Å². The van der Waals surface area contributed by atoms with Gasteiger partial charge < -0.3 is 5.11 Å². The number of hydrogen-bond donors (Lipinski definition) is 1. The Kier molecular flexibility index (Phi) is 6.13. The fourth-order valence-corrected chi connectivity index (χ4v) is 4.77. The monoisotopic (exact) mass is 294 g/mol. The maximum atomic E-state index is 12.0. The normalized spacial score (nSPS) is 37.3. The average molecular weight is 294 g/mol. The molecule has 0 aromatic heterocycles. The molecule has 0 spiro atoms. The Labute approximate surface area is 130 Å². The second-order valence-electron chi connectivity index (χ2n) is 7.86. The Hall–Kier alpha value is -0.530. The van der Waals surface area contributed by atoms with Crippen LogP contribution in [0.15, 0.2) is 0 Å². The first-order valence-electron chi connectivity index (χ1n) is 9.32. The van der Waals surface area contributed by atoms with Gasteiger partial charge in [-0.1, -0.05) is 52.4 Å². The Balaban J connectivity index is 1.91. The van der Waals surface area contributed by atoms with E-state index in [-0.39, 0.29) is 5.41 Å². The Bertz CT molecular complexity index is 320. The van der Waals surface area contributed by atoms with E-state index >= 15 is 0 Å². The fraction of sp³-hybridized carbons (Fsp3) is 0.947. The molecule has 0 aliphatic heterocycles.